The molecule has 1 heterocycles. The van der Waals surface area contributed by atoms with E-state index >= 15 is 0 Å². The number of nitrogens with one attached hydrogen (secondary N) is 1. The summed E-state index contributed by atoms with van der Waals surface area (Å²) < 4.78 is 0. The summed E-state index contributed by atoms with van der Waals surface area (Å²) in [4.78, 5) is 4.82. The lowest BCUT2D eigenvalue weighted by molar-refractivity contribution is 0.184. The summed E-state index contributed by atoms with van der Waals surface area (Å²) >= 11 is 0. The Hall–Kier alpha value is -0.120. The van der Waals surface area contributed by atoms with Crippen LogP contribution in [0.15, 0.2) is 0 Å². The fourth-order valence-corrected chi connectivity index (χ4v) is 2.26. The number of likely N-dealkylation sites (tertiary alicyclic amines) is 1. The standard InChI is InChI=1S/C11H25N3/c1-12-10-14(3)8-6-11-5-4-7-13(2)9-11/h11-12H,4-10H2,1-3H3. The maximum absolute atomic E-state index is 3.18. The van der Waals surface area contributed by atoms with Crippen LogP contribution >= 0.6 is 0 Å². The van der Waals surface area contributed by atoms with E-state index in [2.05, 4.69) is 29.2 Å². The van der Waals surface area contributed by atoms with Crippen molar-refractivity contribution < 1.29 is 0 Å². The van der Waals surface area contributed by atoms with E-state index in [4.69, 9.17) is 0 Å². The fraction of sp³-hybridized carbons (Fsp3) is 1.00. The molecular formula is C11H25N3. The number of hydrogen-bond donors (Lipinski definition) is 1. The molecule has 0 aromatic carbocycles. The van der Waals surface area contributed by atoms with Crippen LogP contribution in [0.25, 0.3) is 0 Å². The van der Waals surface area contributed by atoms with Crippen LogP contribution in [-0.4, -0.2) is 57.2 Å². The van der Waals surface area contributed by atoms with Gasteiger partial charge in [0.15, 0.2) is 0 Å². The van der Waals surface area contributed by atoms with Crippen LogP contribution in [0.3, 0.4) is 0 Å². The van der Waals surface area contributed by atoms with Crippen molar-refractivity contribution >= 4 is 0 Å². The lowest BCUT2D eigenvalue weighted by Crippen LogP contribution is -2.35. The lowest BCUT2D eigenvalue weighted by Gasteiger charge is -2.30. The Morgan fingerprint density at radius 2 is 2.29 bits per heavy atom. The molecule has 1 saturated heterocycles. The van der Waals surface area contributed by atoms with Gasteiger partial charge in [0.05, 0.1) is 0 Å². The Kier molecular flexibility index (Phi) is 5.45. The number of rotatable bonds is 5. The van der Waals surface area contributed by atoms with Gasteiger partial charge in [-0.15, -0.1) is 0 Å². The summed E-state index contributed by atoms with van der Waals surface area (Å²) in [6, 6.07) is 0. The van der Waals surface area contributed by atoms with Crippen molar-refractivity contribution in [2.75, 3.05) is 47.4 Å². The molecule has 0 saturated carbocycles. The molecule has 0 amide bonds. The van der Waals surface area contributed by atoms with Crippen molar-refractivity contribution in [3.05, 3.63) is 0 Å². The van der Waals surface area contributed by atoms with Crippen molar-refractivity contribution in [2.45, 2.75) is 19.3 Å². The Morgan fingerprint density at radius 3 is 2.93 bits per heavy atom. The molecule has 0 bridgehead atoms. The van der Waals surface area contributed by atoms with Crippen LogP contribution in [0.4, 0.5) is 0 Å². The highest BCUT2D eigenvalue weighted by Crippen LogP contribution is 2.18. The third-order valence-corrected chi connectivity index (χ3v) is 3.07. The van der Waals surface area contributed by atoms with E-state index in [0.717, 1.165) is 12.6 Å². The average Bonchev–Trinajstić information content (AvgIpc) is 2.15. The highest BCUT2D eigenvalue weighted by Gasteiger charge is 2.16. The summed E-state index contributed by atoms with van der Waals surface area (Å²) in [5.41, 5.74) is 0. The van der Waals surface area contributed by atoms with E-state index < -0.39 is 0 Å². The average molecular weight is 199 g/mol. The highest BCUT2D eigenvalue weighted by atomic mass is 15.2. The van der Waals surface area contributed by atoms with E-state index in [0.29, 0.717) is 0 Å². The Morgan fingerprint density at radius 1 is 1.50 bits per heavy atom. The lowest BCUT2D eigenvalue weighted by atomic mass is 9.95. The monoisotopic (exact) mass is 199 g/mol. The maximum atomic E-state index is 3.18. The highest BCUT2D eigenvalue weighted by molar-refractivity contribution is 4.71. The van der Waals surface area contributed by atoms with Crippen LogP contribution < -0.4 is 5.32 Å². The van der Waals surface area contributed by atoms with Gasteiger partial charge in [-0.3, -0.25) is 4.90 Å². The van der Waals surface area contributed by atoms with E-state index in [-0.39, 0.29) is 0 Å². The van der Waals surface area contributed by atoms with Crippen LogP contribution in [0.2, 0.25) is 0 Å². The summed E-state index contributed by atoms with van der Waals surface area (Å²) in [6.45, 7) is 4.82. The molecule has 3 heteroatoms. The van der Waals surface area contributed by atoms with Crippen LogP contribution in [-0.2, 0) is 0 Å². The molecule has 84 valence electrons. The summed E-state index contributed by atoms with van der Waals surface area (Å²) in [5.74, 6) is 0.924. The van der Waals surface area contributed by atoms with Crippen LogP contribution in [0.5, 0.6) is 0 Å². The molecule has 3 nitrogen and oxygen atoms in total. The van der Waals surface area contributed by atoms with Gasteiger partial charge in [-0.25, -0.2) is 0 Å². The second kappa shape index (κ2) is 6.38. The zero-order valence-corrected chi connectivity index (χ0v) is 9.92. The number of nitrogens with zero attached hydrogens (tertiary/aromatic N) is 2. The van der Waals surface area contributed by atoms with Crippen molar-refractivity contribution in [1.29, 1.82) is 0 Å². The molecule has 1 aliphatic rings. The van der Waals surface area contributed by atoms with Crippen molar-refractivity contribution in [1.82, 2.24) is 15.1 Å². The van der Waals surface area contributed by atoms with Gasteiger partial charge in [-0.2, -0.15) is 0 Å². The molecule has 0 aromatic rings. The van der Waals surface area contributed by atoms with Gasteiger partial charge in [0.1, 0.15) is 0 Å². The van der Waals surface area contributed by atoms with E-state index in [9.17, 15) is 0 Å². The number of hydrogen-bond acceptors (Lipinski definition) is 3. The molecule has 0 aromatic heterocycles. The minimum atomic E-state index is 0.924. The Bertz CT molecular complexity index is 149. The van der Waals surface area contributed by atoms with Gasteiger partial charge in [0.25, 0.3) is 0 Å². The molecular weight excluding hydrogens is 174 g/mol. The predicted molar refractivity (Wildman–Crippen MR) is 61.4 cm³/mol. The van der Waals surface area contributed by atoms with Gasteiger partial charge >= 0.3 is 0 Å². The fourth-order valence-electron chi connectivity index (χ4n) is 2.26. The smallest absolute Gasteiger partial charge is 0.0475 e. The molecule has 0 aliphatic carbocycles. The van der Waals surface area contributed by atoms with Gasteiger partial charge < -0.3 is 10.2 Å². The zero-order chi connectivity index (χ0) is 10.4. The third kappa shape index (κ3) is 4.40. The molecule has 0 spiro atoms. The molecule has 0 radical (unpaired) electrons. The van der Waals surface area contributed by atoms with Crippen molar-refractivity contribution in [3.63, 3.8) is 0 Å². The minimum Gasteiger partial charge on any atom is -0.307 e. The van der Waals surface area contributed by atoms with E-state index in [1.807, 2.05) is 7.05 Å². The Labute approximate surface area is 88.5 Å². The third-order valence-electron chi connectivity index (χ3n) is 3.07. The summed E-state index contributed by atoms with van der Waals surface area (Å²) in [7, 11) is 6.43. The largest absolute Gasteiger partial charge is 0.307 e. The molecule has 1 N–H and O–H groups in total. The van der Waals surface area contributed by atoms with E-state index in [1.165, 1.54) is 38.9 Å². The predicted octanol–water partition coefficient (Wildman–Crippen LogP) is 0.827. The Balaban J connectivity index is 2.10. The van der Waals surface area contributed by atoms with Crippen LogP contribution in [0, 0.1) is 5.92 Å². The second-order valence-corrected chi connectivity index (χ2v) is 4.65. The molecule has 1 rings (SSSR count). The molecule has 14 heavy (non-hydrogen) atoms. The molecule has 1 fully saturated rings. The SMILES string of the molecule is CNCN(C)CCC1CCCN(C)C1. The first-order chi connectivity index (χ1) is 6.72. The summed E-state index contributed by atoms with van der Waals surface area (Å²) in [5, 5.41) is 3.18. The van der Waals surface area contributed by atoms with Gasteiger partial charge in [-0.05, 0) is 59.4 Å². The molecule has 1 atom stereocenters. The zero-order valence-electron chi connectivity index (χ0n) is 9.92. The quantitative estimate of drug-likeness (QED) is 0.662. The van der Waals surface area contributed by atoms with Crippen molar-refractivity contribution in [2.24, 2.45) is 5.92 Å². The summed E-state index contributed by atoms with van der Waals surface area (Å²) in [6.07, 6.45) is 4.16. The number of piperidine rings is 1. The van der Waals surface area contributed by atoms with Gasteiger partial charge in [0.2, 0.25) is 0 Å². The first-order valence-electron chi connectivity index (χ1n) is 5.74. The van der Waals surface area contributed by atoms with Gasteiger partial charge in [0, 0.05) is 13.2 Å². The molecule has 1 unspecified atom stereocenters. The second-order valence-electron chi connectivity index (χ2n) is 4.65. The van der Waals surface area contributed by atoms with Crippen molar-refractivity contribution in [3.8, 4) is 0 Å². The first-order valence-corrected chi connectivity index (χ1v) is 5.74. The first kappa shape index (κ1) is 12.0. The topological polar surface area (TPSA) is 18.5 Å². The van der Waals surface area contributed by atoms with Crippen LogP contribution in [0.1, 0.15) is 19.3 Å². The van der Waals surface area contributed by atoms with Gasteiger partial charge in [-0.1, -0.05) is 0 Å². The van der Waals surface area contributed by atoms with E-state index in [1.54, 1.807) is 0 Å². The normalized spacial score (nSPS) is 24.4. The molecule has 1 aliphatic heterocycles. The maximum Gasteiger partial charge on any atom is 0.0475 e. The minimum absolute atomic E-state index is 0.924.